The molecule has 0 unspecified atom stereocenters. The lowest BCUT2D eigenvalue weighted by atomic mass is 10.1. The van der Waals surface area contributed by atoms with Gasteiger partial charge >= 0.3 is 0 Å². The second-order valence-corrected chi connectivity index (χ2v) is 2.82. The Bertz CT molecular complexity index is 41.8. The first kappa shape index (κ1) is 8.44. The van der Waals surface area contributed by atoms with Gasteiger partial charge in [0.1, 0.15) is 0 Å². The van der Waals surface area contributed by atoms with Gasteiger partial charge in [0.05, 0.1) is 0 Å². The van der Waals surface area contributed by atoms with Gasteiger partial charge in [-0.2, -0.15) is 0 Å². The highest BCUT2D eigenvalue weighted by molar-refractivity contribution is 9.09. The van der Waals surface area contributed by atoms with Gasteiger partial charge in [-0.25, -0.2) is 0 Å². The maximum Gasteiger partial charge on any atom is 0.00466 e. The Kier molecular flexibility index (Phi) is 5.88. The molecular weight excluding hydrogens is 166 g/mol. The number of rotatable bonds is 4. The minimum atomic E-state index is 0.416. The maximum absolute atomic E-state index is 5.66. The summed E-state index contributed by atoms with van der Waals surface area (Å²) in [5, 5.41) is 1.04. The van der Waals surface area contributed by atoms with Crippen LogP contribution in [-0.4, -0.2) is 11.4 Å². The Labute approximate surface area is 59.8 Å². The van der Waals surface area contributed by atoms with Crippen LogP contribution in [-0.2, 0) is 0 Å². The fraction of sp³-hybridized carbons (Fsp3) is 1.00. The first-order chi connectivity index (χ1) is 3.81. The molecule has 0 aliphatic rings. The molecule has 0 fully saturated rings. The summed E-state index contributed by atoms with van der Waals surface area (Å²) in [4.78, 5) is 0. The molecule has 0 aliphatic heterocycles. The lowest BCUT2D eigenvalue weighted by Gasteiger charge is -2.05. The molecule has 0 heterocycles. The minimum Gasteiger partial charge on any atom is -0.328 e. The highest BCUT2D eigenvalue weighted by Gasteiger charge is 1.96. The number of nitrogens with two attached hydrogens (primary N) is 1. The summed E-state index contributed by atoms with van der Waals surface area (Å²) in [6.45, 7) is 2.16. The van der Waals surface area contributed by atoms with Crippen LogP contribution in [0, 0.1) is 0 Å². The Morgan fingerprint density at radius 2 is 2.12 bits per heavy atom. The zero-order valence-corrected chi connectivity index (χ0v) is 6.95. The summed E-state index contributed by atoms with van der Waals surface area (Å²) < 4.78 is 0. The minimum absolute atomic E-state index is 0.416. The molecular formula is C6H14BrN. The first-order valence-electron chi connectivity index (χ1n) is 3.12. The molecule has 0 saturated heterocycles. The van der Waals surface area contributed by atoms with Gasteiger partial charge in [-0.3, -0.25) is 0 Å². The van der Waals surface area contributed by atoms with Gasteiger partial charge in [-0.05, 0) is 12.8 Å². The average molecular weight is 180 g/mol. The van der Waals surface area contributed by atoms with E-state index in [1.165, 1.54) is 6.42 Å². The first-order valence-corrected chi connectivity index (χ1v) is 4.25. The van der Waals surface area contributed by atoms with Crippen molar-refractivity contribution in [2.75, 3.05) is 5.33 Å². The van der Waals surface area contributed by atoms with Crippen molar-refractivity contribution in [1.29, 1.82) is 0 Å². The van der Waals surface area contributed by atoms with E-state index in [1.54, 1.807) is 0 Å². The van der Waals surface area contributed by atoms with Crippen LogP contribution < -0.4 is 5.73 Å². The van der Waals surface area contributed by atoms with Crippen LogP contribution in [0.4, 0.5) is 0 Å². The number of alkyl halides is 1. The van der Waals surface area contributed by atoms with Gasteiger partial charge in [0.25, 0.3) is 0 Å². The summed E-state index contributed by atoms with van der Waals surface area (Å²) >= 11 is 3.34. The van der Waals surface area contributed by atoms with Gasteiger partial charge in [-0.15, -0.1) is 0 Å². The van der Waals surface area contributed by atoms with Crippen LogP contribution in [0.1, 0.15) is 26.2 Å². The molecule has 0 aliphatic carbocycles. The molecule has 0 spiro atoms. The van der Waals surface area contributed by atoms with Crippen molar-refractivity contribution in [3.05, 3.63) is 0 Å². The molecule has 0 radical (unpaired) electrons. The average Bonchev–Trinajstić information content (AvgIpc) is 1.68. The SMILES string of the molecule is CCC[C@H](N)CCBr. The quantitative estimate of drug-likeness (QED) is 0.657. The number of hydrogen-bond donors (Lipinski definition) is 1. The van der Waals surface area contributed by atoms with Crippen molar-refractivity contribution in [1.82, 2.24) is 0 Å². The van der Waals surface area contributed by atoms with Crippen LogP contribution >= 0.6 is 15.9 Å². The molecule has 0 saturated carbocycles. The summed E-state index contributed by atoms with van der Waals surface area (Å²) in [7, 11) is 0. The Hall–Kier alpha value is 0.440. The van der Waals surface area contributed by atoms with Crippen molar-refractivity contribution in [2.24, 2.45) is 5.73 Å². The second kappa shape index (κ2) is 5.57. The third-order valence-electron chi connectivity index (χ3n) is 1.14. The molecule has 2 N–H and O–H groups in total. The third kappa shape index (κ3) is 4.60. The molecule has 0 aromatic carbocycles. The van der Waals surface area contributed by atoms with E-state index in [9.17, 15) is 0 Å². The Balaban J connectivity index is 2.92. The zero-order valence-electron chi connectivity index (χ0n) is 5.36. The lowest BCUT2D eigenvalue weighted by molar-refractivity contribution is 0.592. The zero-order chi connectivity index (χ0) is 6.41. The highest BCUT2D eigenvalue weighted by atomic mass is 79.9. The van der Waals surface area contributed by atoms with Crippen molar-refractivity contribution in [3.8, 4) is 0 Å². The molecule has 1 nitrogen and oxygen atoms in total. The molecule has 0 aromatic heterocycles. The highest BCUT2D eigenvalue weighted by Crippen LogP contribution is 1.99. The van der Waals surface area contributed by atoms with Crippen LogP contribution in [0.5, 0.6) is 0 Å². The molecule has 50 valence electrons. The predicted octanol–water partition coefficient (Wildman–Crippen LogP) is 1.90. The summed E-state index contributed by atoms with van der Waals surface area (Å²) in [5.41, 5.74) is 5.66. The van der Waals surface area contributed by atoms with Gasteiger partial charge in [0.2, 0.25) is 0 Å². The van der Waals surface area contributed by atoms with E-state index in [1.807, 2.05) is 0 Å². The fourth-order valence-electron chi connectivity index (χ4n) is 0.655. The van der Waals surface area contributed by atoms with Crippen molar-refractivity contribution >= 4 is 15.9 Å². The summed E-state index contributed by atoms with van der Waals surface area (Å²) in [6, 6.07) is 0.416. The molecule has 0 aromatic rings. The number of halogens is 1. The van der Waals surface area contributed by atoms with E-state index in [0.717, 1.165) is 18.2 Å². The topological polar surface area (TPSA) is 26.0 Å². The summed E-state index contributed by atoms with van der Waals surface area (Å²) in [6.07, 6.45) is 3.47. The number of hydrogen-bond acceptors (Lipinski definition) is 1. The van der Waals surface area contributed by atoms with Gasteiger partial charge in [0.15, 0.2) is 0 Å². The van der Waals surface area contributed by atoms with E-state index < -0.39 is 0 Å². The normalized spacial score (nSPS) is 13.9. The summed E-state index contributed by atoms with van der Waals surface area (Å²) in [5.74, 6) is 0. The Morgan fingerprint density at radius 3 is 2.50 bits per heavy atom. The largest absolute Gasteiger partial charge is 0.328 e. The van der Waals surface area contributed by atoms with E-state index >= 15 is 0 Å². The Morgan fingerprint density at radius 1 is 1.50 bits per heavy atom. The van der Waals surface area contributed by atoms with Crippen LogP contribution in [0.25, 0.3) is 0 Å². The van der Waals surface area contributed by atoms with Crippen LogP contribution in [0.2, 0.25) is 0 Å². The van der Waals surface area contributed by atoms with Crippen molar-refractivity contribution in [3.63, 3.8) is 0 Å². The fourth-order valence-corrected chi connectivity index (χ4v) is 1.24. The van der Waals surface area contributed by atoms with Crippen LogP contribution in [0.3, 0.4) is 0 Å². The molecule has 0 bridgehead atoms. The standard InChI is InChI=1S/C6H14BrN/c1-2-3-6(8)4-5-7/h6H,2-5,8H2,1H3/t6-/m0/s1. The van der Waals surface area contributed by atoms with E-state index in [4.69, 9.17) is 5.73 Å². The van der Waals surface area contributed by atoms with Gasteiger partial charge in [-0.1, -0.05) is 29.3 Å². The molecule has 0 rings (SSSR count). The van der Waals surface area contributed by atoms with E-state index in [2.05, 4.69) is 22.9 Å². The maximum atomic E-state index is 5.66. The third-order valence-corrected chi connectivity index (χ3v) is 1.60. The van der Waals surface area contributed by atoms with Crippen LogP contribution in [0.15, 0.2) is 0 Å². The smallest absolute Gasteiger partial charge is 0.00466 e. The monoisotopic (exact) mass is 179 g/mol. The molecule has 0 amide bonds. The second-order valence-electron chi connectivity index (χ2n) is 2.03. The van der Waals surface area contributed by atoms with Gasteiger partial charge in [0, 0.05) is 11.4 Å². The van der Waals surface area contributed by atoms with E-state index in [-0.39, 0.29) is 0 Å². The lowest BCUT2D eigenvalue weighted by Crippen LogP contribution is -2.19. The van der Waals surface area contributed by atoms with Gasteiger partial charge < -0.3 is 5.73 Å². The van der Waals surface area contributed by atoms with E-state index in [0.29, 0.717) is 6.04 Å². The van der Waals surface area contributed by atoms with Crippen molar-refractivity contribution in [2.45, 2.75) is 32.2 Å². The van der Waals surface area contributed by atoms with Crippen molar-refractivity contribution < 1.29 is 0 Å². The predicted molar refractivity (Wildman–Crippen MR) is 41.3 cm³/mol. The molecule has 1 atom stereocenters. The molecule has 8 heavy (non-hydrogen) atoms. The molecule has 2 heteroatoms.